The van der Waals surface area contributed by atoms with Crippen LogP contribution in [-0.4, -0.2) is 42.7 Å². The van der Waals surface area contributed by atoms with E-state index in [2.05, 4.69) is 11.8 Å². The number of carbonyl (C=O) groups is 1. The fourth-order valence-corrected chi connectivity index (χ4v) is 1.57. The van der Waals surface area contributed by atoms with Gasteiger partial charge in [-0.15, -0.1) is 0 Å². The minimum absolute atomic E-state index is 0.214. The van der Waals surface area contributed by atoms with Crippen molar-refractivity contribution in [1.82, 2.24) is 4.90 Å². The predicted octanol–water partition coefficient (Wildman–Crippen LogP) is 2.11. The largest absolute Gasteiger partial charge is 0.491 e. The minimum Gasteiger partial charge on any atom is -0.491 e. The average molecular weight is 237 g/mol. The van der Waals surface area contributed by atoms with Gasteiger partial charge in [0.05, 0.1) is 0 Å². The highest BCUT2D eigenvalue weighted by Crippen LogP contribution is 2.17. The van der Waals surface area contributed by atoms with Gasteiger partial charge in [-0.05, 0) is 32.1 Å². The van der Waals surface area contributed by atoms with Crippen LogP contribution in [0.25, 0.3) is 0 Å². The third kappa shape index (κ3) is 4.44. The molecule has 0 radical (unpaired) electrons. The van der Waals surface area contributed by atoms with E-state index in [1.54, 1.807) is 24.3 Å². The molecular formula is C13H19NO3. The van der Waals surface area contributed by atoms with Crippen molar-refractivity contribution in [2.75, 3.05) is 26.7 Å². The third-order valence-electron chi connectivity index (χ3n) is 2.45. The Kier molecular flexibility index (Phi) is 5.49. The Labute approximate surface area is 102 Å². The van der Waals surface area contributed by atoms with Crippen molar-refractivity contribution in [1.29, 1.82) is 0 Å². The van der Waals surface area contributed by atoms with Crippen LogP contribution in [0.4, 0.5) is 0 Å². The number of ether oxygens (including phenoxy) is 1. The SMILES string of the molecule is CCCN(C)CCOc1ccccc1C(=O)O. The van der Waals surface area contributed by atoms with Gasteiger partial charge in [0, 0.05) is 6.54 Å². The van der Waals surface area contributed by atoms with E-state index < -0.39 is 5.97 Å². The number of likely N-dealkylation sites (N-methyl/N-ethyl adjacent to an activating group) is 1. The summed E-state index contributed by atoms with van der Waals surface area (Å²) in [5.74, 6) is -0.521. The molecule has 0 aliphatic rings. The molecule has 17 heavy (non-hydrogen) atoms. The molecule has 0 unspecified atom stereocenters. The second-order valence-electron chi connectivity index (χ2n) is 3.95. The summed E-state index contributed by atoms with van der Waals surface area (Å²) in [4.78, 5) is 13.1. The lowest BCUT2D eigenvalue weighted by atomic mass is 10.2. The first-order valence-electron chi connectivity index (χ1n) is 5.78. The van der Waals surface area contributed by atoms with Gasteiger partial charge in [-0.3, -0.25) is 0 Å². The molecule has 0 spiro atoms. The lowest BCUT2D eigenvalue weighted by molar-refractivity contribution is 0.0692. The topological polar surface area (TPSA) is 49.8 Å². The van der Waals surface area contributed by atoms with Gasteiger partial charge in [0.2, 0.25) is 0 Å². The molecule has 0 fully saturated rings. The standard InChI is InChI=1S/C13H19NO3/c1-3-8-14(2)9-10-17-12-7-5-4-6-11(12)13(15)16/h4-7H,3,8-10H2,1-2H3,(H,15,16). The summed E-state index contributed by atoms with van der Waals surface area (Å²) in [5.41, 5.74) is 0.214. The Bertz CT molecular complexity index is 365. The van der Waals surface area contributed by atoms with Gasteiger partial charge in [0.25, 0.3) is 0 Å². The van der Waals surface area contributed by atoms with E-state index in [1.165, 1.54) is 0 Å². The molecule has 4 nitrogen and oxygen atoms in total. The summed E-state index contributed by atoms with van der Waals surface area (Å²) in [7, 11) is 2.02. The third-order valence-corrected chi connectivity index (χ3v) is 2.45. The summed E-state index contributed by atoms with van der Waals surface area (Å²) in [6, 6.07) is 6.70. The highest BCUT2D eigenvalue weighted by molar-refractivity contribution is 5.90. The first-order valence-corrected chi connectivity index (χ1v) is 5.78. The molecule has 0 amide bonds. The normalized spacial score (nSPS) is 10.5. The lowest BCUT2D eigenvalue weighted by Crippen LogP contribution is -2.25. The van der Waals surface area contributed by atoms with Gasteiger partial charge in [-0.1, -0.05) is 19.1 Å². The summed E-state index contributed by atoms with van der Waals surface area (Å²) < 4.78 is 5.49. The highest BCUT2D eigenvalue weighted by Gasteiger charge is 2.09. The van der Waals surface area contributed by atoms with Crippen LogP contribution in [0.1, 0.15) is 23.7 Å². The lowest BCUT2D eigenvalue weighted by Gasteiger charge is -2.16. The van der Waals surface area contributed by atoms with Crippen LogP contribution in [0.2, 0.25) is 0 Å². The van der Waals surface area contributed by atoms with Crippen LogP contribution in [0.3, 0.4) is 0 Å². The molecule has 1 rings (SSSR count). The van der Waals surface area contributed by atoms with Crippen molar-refractivity contribution in [3.8, 4) is 5.75 Å². The van der Waals surface area contributed by atoms with Crippen molar-refractivity contribution in [3.05, 3.63) is 29.8 Å². The smallest absolute Gasteiger partial charge is 0.339 e. The molecule has 1 aromatic rings. The number of carboxylic acids is 1. The Morgan fingerprint density at radius 1 is 1.35 bits per heavy atom. The Hall–Kier alpha value is -1.55. The number of benzene rings is 1. The Balaban J connectivity index is 2.49. The van der Waals surface area contributed by atoms with Gasteiger partial charge in [-0.2, -0.15) is 0 Å². The maximum atomic E-state index is 10.9. The van der Waals surface area contributed by atoms with E-state index in [1.807, 2.05) is 7.05 Å². The fourth-order valence-electron chi connectivity index (χ4n) is 1.57. The molecule has 0 aliphatic heterocycles. The van der Waals surface area contributed by atoms with E-state index in [-0.39, 0.29) is 5.56 Å². The molecule has 0 aliphatic carbocycles. The van der Waals surface area contributed by atoms with Crippen molar-refractivity contribution in [3.63, 3.8) is 0 Å². The summed E-state index contributed by atoms with van der Waals surface area (Å²) in [6.45, 7) is 4.43. The van der Waals surface area contributed by atoms with Gasteiger partial charge in [0.15, 0.2) is 0 Å². The molecule has 94 valence electrons. The predicted molar refractivity (Wildman–Crippen MR) is 66.7 cm³/mol. The minimum atomic E-state index is -0.956. The van der Waals surface area contributed by atoms with E-state index in [9.17, 15) is 4.79 Å². The quantitative estimate of drug-likeness (QED) is 0.789. The first kappa shape index (κ1) is 13.5. The van der Waals surface area contributed by atoms with E-state index in [0.717, 1.165) is 19.5 Å². The van der Waals surface area contributed by atoms with Crippen molar-refractivity contribution in [2.24, 2.45) is 0 Å². The number of hydrogen-bond acceptors (Lipinski definition) is 3. The molecule has 1 aromatic carbocycles. The molecular weight excluding hydrogens is 218 g/mol. The Morgan fingerprint density at radius 3 is 2.71 bits per heavy atom. The monoisotopic (exact) mass is 237 g/mol. The molecule has 0 atom stereocenters. The van der Waals surface area contributed by atoms with Crippen LogP contribution >= 0.6 is 0 Å². The van der Waals surface area contributed by atoms with Crippen molar-refractivity contribution in [2.45, 2.75) is 13.3 Å². The molecule has 0 saturated carbocycles. The van der Waals surface area contributed by atoms with E-state index in [0.29, 0.717) is 12.4 Å². The number of hydrogen-bond donors (Lipinski definition) is 1. The zero-order chi connectivity index (χ0) is 12.7. The molecule has 0 aromatic heterocycles. The first-order chi connectivity index (χ1) is 8.15. The second-order valence-corrected chi connectivity index (χ2v) is 3.95. The van der Waals surface area contributed by atoms with Gasteiger partial charge < -0.3 is 14.7 Å². The zero-order valence-corrected chi connectivity index (χ0v) is 10.3. The molecule has 0 saturated heterocycles. The van der Waals surface area contributed by atoms with E-state index in [4.69, 9.17) is 9.84 Å². The molecule has 0 bridgehead atoms. The molecule has 4 heteroatoms. The van der Waals surface area contributed by atoms with Gasteiger partial charge >= 0.3 is 5.97 Å². The molecule has 0 heterocycles. The number of carboxylic acid groups (broad SMARTS) is 1. The van der Waals surface area contributed by atoms with E-state index >= 15 is 0 Å². The second kappa shape index (κ2) is 6.91. The number of rotatable bonds is 7. The summed E-state index contributed by atoms with van der Waals surface area (Å²) in [5, 5.41) is 8.97. The number of nitrogens with zero attached hydrogens (tertiary/aromatic N) is 1. The fraction of sp³-hybridized carbons (Fsp3) is 0.462. The van der Waals surface area contributed by atoms with Crippen molar-refractivity contribution >= 4 is 5.97 Å². The number of para-hydroxylation sites is 1. The average Bonchev–Trinajstić information content (AvgIpc) is 2.30. The van der Waals surface area contributed by atoms with Gasteiger partial charge in [-0.25, -0.2) is 4.79 Å². The van der Waals surface area contributed by atoms with Crippen LogP contribution < -0.4 is 4.74 Å². The maximum Gasteiger partial charge on any atom is 0.339 e. The van der Waals surface area contributed by atoms with Crippen LogP contribution in [0.5, 0.6) is 5.75 Å². The highest BCUT2D eigenvalue weighted by atomic mass is 16.5. The van der Waals surface area contributed by atoms with Crippen LogP contribution in [0, 0.1) is 0 Å². The van der Waals surface area contributed by atoms with Crippen LogP contribution in [-0.2, 0) is 0 Å². The van der Waals surface area contributed by atoms with Crippen LogP contribution in [0.15, 0.2) is 24.3 Å². The summed E-state index contributed by atoms with van der Waals surface area (Å²) >= 11 is 0. The number of aromatic carboxylic acids is 1. The molecule has 1 N–H and O–H groups in total. The summed E-state index contributed by atoms with van der Waals surface area (Å²) in [6.07, 6.45) is 1.10. The Morgan fingerprint density at radius 2 is 2.06 bits per heavy atom. The van der Waals surface area contributed by atoms with Crippen molar-refractivity contribution < 1.29 is 14.6 Å². The van der Waals surface area contributed by atoms with Gasteiger partial charge in [0.1, 0.15) is 17.9 Å². The zero-order valence-electron chi connectivity index (χ0n) is 10.3. The maximum absolute atomic E-state index is 10.9.